The topological polar surface area (TPSA) is 101 Å². The summed E-state index contributed by atoms with van der Waals surface area (Å²) in [6.07, 6.45) is 0.453. The Bertz CT molecular complexity index is 506. The zero-order chi connectivity index (χ0) is 13.3. The van der Waals surface area contributed by atoms with Gasteiger partial charge in [0.1, 0.15) is 0 Å². The van der Waals surface area contributed by atoms with E-state index in [4.69, 9.17) is 15.9 Å². The van der Waals surface area contributed by atoms with Crippen LogP contribution in [0, 0.1) is 13.8 Å². The zero-order valence-electron chi connectivity index (χ0n) is 10.00. The highest BCUT2D eigenvalue weighted by Gasteiger charge is 2.24. The third kappa shape index (κ3) is 1.95. The molecule has 92 valence electrons. The van der Waals surface area contributed by atoms with Gasteiger partial charge < -0.3 is 15.9 Å². The Hall–Kier alpha value is -2.04. The molecule has 0 aromatic heterocycles. The number of rotatable bonds is 3. The van der Waals surface area contributed by atoms with Crippen LogP contribution in [0.1, 0.15) is 44.3 Å². The molecule has 0 radical (unpaired) electrons. The number of carboxylic acids is 2. The molecule has 5 nitrogen and oxygen atoms in total. The molecule has 0 aliphatic carbocycles. The van der Waals surface area contributed by atoms with E-state index in [0.29, 0.717) is 17.5 Å². The Balaban J connectivity index is 3.82. The minimum Gasteiger partial charge on any atom is -0.478 e. The summed E-state index contributed by atoms with van der Waals surface area (Å²) in [4.78, 5) is 22.3. The third-order valence-corrected chi connectivity index (χ3v) is 2.94. The summed E-state index contributed by atoms with van der Waals surface area (Å²) >= 11 is 0. The van der Waals surface area contributed by atoms with Crippen LogP contribution in [0.4, 0.5) is 5.69 Å². The molecule has 0 fully saturated rings. The molecule has 0 aliphatic rings. The van der Waals surface area contributed by atoms with E-state index in [2.05, 4.69) is 0 Å². The molecule has 0 saturated heterocycles. The summed E-state index contributed by atoms with van der Waals surface area (Å²) in [5.74, 6) is -2.30. The monoisotopic (exact) mass is 237 g/mol. The molecular formula is C12H15NO4. The number of aromatic carboxylic acids is 2. The molecule has 4 N–H and O–H groups in total. The van der Waals surface area contributed by atoms with Gasteiger partial charge in [0.05, 0.1) is 11.1 Å². The van der Waals surface area contributed by atoms with Crippen molar-refractivity contribution in [1.29, 1.82) is 0 Å². The fourth-order valence-electron chi connectivity index (χ4n) is 2.11. The summed E-state index contributed by atoms with van der Waals surface area (Å²) in [5, 5.41) is 18.2. The van der Waals surface area contributed by atoms with Gasteiger partial charge in [-0.1, -0.05) is 6.92 Å². The first-order chi connectivity index (χ1) is 7.82. The lowest BCUT2D eigenvalue weighted by molar-refractivity contribution is 0.0695. The molecule has 17 heavy (non-hydrogen) atoms. The molecule has 1 aromatic rings. The van der Waals surface area contributed by atoms with Crippen LogP contribution in [-0.4, -0.2) is 22.2 Å². The number of hydrogen-bond acceptors (Lipinski definition) is 3. The molecular weight excluding hydrogens is 222 g/mol. The van der Waals surface area contributed by atoms with E-state index in [-0.39, 0.29) is 22.4 Å². The molecule has 5 heteroatoms. The maximum absolute atomic E-state index is 11.2. The molecule has 1 aromatic carbocycles. The number of hydrogen-bond donors (Lipinski definition) is 3. The summed E-state index contributed by atoms with van der Waals surface area (Å²) < 4.78 is 0. The average Bonchev–Trinajstić information content (AvgIpc) is 2.21. The van der Waals surface area contributed by atoms with Gasteiger partial charge in [-0.05, 0) is 37.0 Å². The second-order valence-electron chi connectivity index (χ2n) is 3.86. The number of nitrogen functional groups attached to an aromatic ring is 1. The van der Waals surface area contributed by atoms with Crippen LogP contribution in [-0.2, 0) is 6.42 Å². The first-order valence-electron chi connectivity index (χ1n) is 5.20. The number of benzene rings is 1. The fourth-order valence-corrected chi connectivity index (χ4v) is 2.11. The van der Waals surface area contributed by atoms with Crippen molar-refractivity contribution in [3.8, 4) is 0 Å². The Morgan fingerprint density at radius 3 is 1.88 bits per heavy atom. The van der Waals surface area contributed by atoms with E-state index in [1.807, 2.05) is 0 Å². The third-order valence-electron chi connectivity index (χ3n) is 2.94. The van der Waals surface area contributed by atoms with Crippen molar-refractivity contribution in [3.05, 3.63) is 27.8 Å². The summed E-state index contributed by atoms with van der Waals surface area (Å²) in [6.45, 7) is 4.88. The minimum absolute atomic E-state index is 0.00741. The molecule has 1 rings (SSSR count). The Morgan fingerprint density at radius 2 is 1.53 bits per heavy atom. The Kier molecular flexibility index (Phi) is 3.41. The molecule has 0 saturated carbocycles. The normalized spacial score (nSPS) is 10.3. The second-order valence-corrected chi connectivity index (χ2v) is 3.86. The molecule has 0 amide bonds. The zero-order valence-corrected chi connectivity index (χ0v) is 10.00. The lowest BCUT2D eigenvalue weighted by Crippen LogP contribution is -2.15. The van der Waals surface area contributed by atoms with E-state index in [1.165, 1.54) is 6.92 Å². The second kappa shape index (κ2) is 4.45. The van der Waals surface area contributed by atoms with Gasteiger partial charge >= 0.3 is 11.9 Å². The molecule has 0 bridgehead atoms. The van der Waals surface area contributed by atoms with Gasteiger partial charge in [-0.3, -0.25) is 0 Å². The van der Waals surface area contributed by atoms with Crippen LogP contribution in [0.5, 0.6) is 0 Å². The SMILES string of the molecule is CCc1c(N)c(C)c(C(=O)O)c(C)c1C(=O)O. The van der Waals surface area contributed by atoms with Crippen molar-refractivity contribution in [3.63, 3.8) is 0 Å². The van der Waals surface area contributed by atoms with Gasteiger partial charge in [0, 0.05) is 5.69 Å². The van der Waals surface area contributed by atoms with Crippen LogP contribution in [0.15, 0.2) is 0 Å². The van der Waals surface area contributed by atoms with Gasteiger partial charge in [0.15, 0.2) is 0 Å². The van der Waals surface area contributed by atoms with E-state index in [9.17, 15) is 9.59 Å². The van der Waals surface area contributed by atoms with Crippen LogP contribution >= 0.6 is 0 Å². The highest BCUT2D eigenvalue weighted by atomic mass is 16.4. The average molecular weight is 237 g/mol. The van der Waals surface area contributed by atoms with Crippen molar-refractivity contribution < 1.29 is 19.8 Å². The van der Waals surface area contributed by atoms with E-state index >= 15 is 0 Å². The largest absolute Gasteiger partial charge is 0.478 e. The van der Waals surface area contributed by atoms with Crippen molar-refractivity contribution >= 4 is 17.6 Å². The van der Waals surface area contributed by atoms with Gasteiger partial charge in [-0.2, -0.15) is 0 Å². The summed E-state index contributed by atoms with van der Waals surface area (Å²) in [5.41, 5.74) is 7.24. The molecule has 0 atom stereocenters. The number of carboxylic acid groups (broad SMARTS) is 2. The van der Waals surface area contributed by atoms with Gasteiger partial charge in [0.25, 0.3) is 0 Å². The van der Waals surface area contributed by atoms with Gasteiger partial charge in [-0.15, -0.1) is 0 Å². The standard InChI is InChI=1S/C12H15NO4/c1-4-7-9(12(16)17)5(2)8(11(14)15)6(3)10(7)13/h4,13H2,1-3H3,(H,14,15)(H,16,17). The Morgan fingerprint density at radius 1 is 1.06 bits per heavy atom. The molecule has 0 spiro atoms. The minimum atomic E-state index is -1.16. The van der Waals surface area contributed by atoms with Crippen LogP contribution in [0.3, 0.4) is 0 Å². The smallest absolute Gasteiger partial charge is 0.336 e. The van der Waals surface area contributed by atoms with Crippen molar-refractivity contribution in [2.24, 2.45) is 0 Å². The predicted octanol–water partition coefficient (Wildman–Crippen LogP) is 1.84. The maximum Gasteiger partial charge on any atom is 0.336 e. The molecule has 0 aliphatic heterocycles. The first-order valence-corrected chi connectivity index (χ1v) is 5.20. The van der Waals surface area contributed by atoms with E-state index < -0.39 is 11.9 Å². The number of nitrogens with two attached hydrogens (primary N) is 1. The number of carbonyl (C=O) groups is 2. The maximum atomic E-state index is 11.2. The molecule has 0 unspecified atom stereocenters. The Labute approximate surface area is 98.9 Å². The van der Waals surface area contributed by atoms with Crippen molar-refractivity contribution in [2.75, 3.05) is 5.73 Å². The number of anilines is 1. The van der Waals surface area contributed by atoms with Crippen LogP contribution in [0.2, 0.25) is 0 Å². The highest BCUT2D eigenvalue weighted by molar-refractivity contribution is 6.01. The fraction of sp³-hybridized carbons (Fsp3) is 0.333. The van der Waals surface area contributed by atoms with Gasteiger partial charge in [-0.25, -0.2) is 9.59 Å². The van der Waals surface area contributed by atoms with E-state index in [0.717, 1.165) is 0 Å². The lowest BCUT2D eigenvalue weighted by Gasteiger charge is -2.16. The predicted molar refractivity (Wildman–Crippen MR) is 63.6 cm³/mol. The van der Waals surface area contributed by atoms with Crippen LogP contribution in [0.25, 0.3) is 0 Å². The summed E-state index contributed by atoms with van der Waals surface area (Å²) in [6, 6.07) is 0. The first kappa shape index (κ1) is 13.0. The highest BCUT2D eigenvalue weighted by Crippen LogP contribution is 2.30. The quantitative estimate of drug-likeness (QED) is 0.696. The molecule has 0 heterocycles. The van der Waals surface area contributed by atoms with Crippen LogP contribution < -0.4 is 5.73 Å². The van der Waals surface area contributed by atoms with Gasteiger partial charge in [0.2, 0.25) is 0 Å². The lowest BCUT2D eigenvalue weighted by atomic mass is 9.89. The summed E-state index contributed by atoms with van der Waals surface area (Å²) in [7, 11) is 0. The van der Waals surface area contributed by atoms with Crippen molar-refractivity contribution in [2.45, 2.75) is 27.2 Å². The van der Waals surface area contributed by atoms with Crippen molar-refractivity contribution in [1.82, 2.24) is 0 Å². The van der Waals surface area contributed by atoms with E-state index in [1.54, 1.807) is 13.8 Å².